The van der Waals surface area contributed by atoms with Crippen molar-refractivity contribution in [2.24, 2.45) is 5.92 Å². The van der Waals surface area contributed by atoms with Crippen LogP contribution in [0, 0.1) is 5.92 Å². The van der Waals surface area contributed by atoms with Crippen LogP contribution in [0.3, 0.4) is 0 Å². The SMILES string of the molecule is CNCCC(=O)c1ccc2c(c1)N(C(=O)C(C)C)CCO2. The largest absolute Gasteiger partial charge is 0.490 e. The maximum Gasteiger partial charge on any atom is 0.229 e. The molecule has 21 heavy (non-hydrogen) atoms. The van der Waals surface area contributed by atoms with E-state index in [9.17, 15) is 9.59 Å². The van der Waals surface area contributed by atoms with Gasteiger partial charge in [0.1, 0.15) is 12.4 Å². The second kappa shape index (κ2) is 6.72. The van der Waals surface area contributed by atoms with Gasteiger partial charge in [0.05, 0.1) is 12.2 Å². The molecule has 1 N–H and O–H groups in total. The third kappa shape index (κ3) is 3.42. The Morgan fingerprint density at radius 2 is 2.14 bits per heavy atom. The molecule has 1 heterocycles. The number of carbonyl (C=O) groups is 2. The molecular weight excluding hydrogens is 268 g/mol. The van der Waals surface area contributed by atoms with Gasteiger partial charge in [-0.2, -0.15) is 0 Å². The van der Waals surface area contributed by atoms with E-state index < -0.39 is 0 Å². The highest BCUT2D eigenvalue weighted by Gasteiger charge is 2.26. The smallest absolute Gasteiger partial charge is 0.229 e. The number of Topliss-reactive ketones (excluding diaryl/α,β-unsaturated/α-hetero) is 1. The topological polar surface area (TPSA) is 58.6 Å². The molecule has 0 radical (unpaired) electrons. The van der Waals surface area contributed by atoms with Crippen molar-refractivity contribution in [3.63, 3.8) is 0 Å². The van der Waals surface area contributed by atoms with Crippen LogP contribution < -0.4 is 15.0 Å². The monoisotopic (exact) mass is 290 g/mol. The number of amides is 1. The van der Waals surface area contributed by atoms with Crippen molar-refractivity contribution in [1.82, 2.24) is 5.32 Å². The summed E-state index contributed by atoms with van der Waals surface area (Å²) in [5.41, 5.74) is 1.33. The van der Waals surface area contributed by atoms with Crippen molar-refractivity contribution in [3.05, 3.63) is 23.8 Å². The summed E-state index contributed by atoms with van der Waals surface area (Å²) in [6.45, 7) is 5.40. The molecule has 0 saturated carbocycles. The van der Waals surface area contributed by atoms with E-state index in [0.717, 1.165) is 0 Å². The average Bonchev–Trinajstić information content (AvgIpc) is 2.50. The number of ketones is 1. The molecule has 114 valence electrons. The summed E-state index contributed by atoms with van der Waals surface area (Å²) in [6, 6.07) is 5.31. The molecule has 1 amide bonds. The first-order chi connectivity index (χ1) is 10.0. The lowest BCUT2D eigenvalue weighted by molar-refractivity contribution is -0.121. The van der Waals surface area contributed by atoms with E-state index in [0.29, 0.717) is 43.1 Å². The Bertz CT molecular complexity index is 540. The van der Waals surface area contributed by atoms with Gasteiger partial charge < -0.3 is 15.0 Å². The van der Waals surface area contributed by atoms with Gasteiger partial charge in [-0.3, -0.25) is 9.59 Å². The average molecular weight is 290 g/mol. The summed E-state index contributed by atoms with van der Waals surface area (Å²) >= 11 is 0. The van der Waals surface area contributed by atoms with Gasteiger partial charge in [0, 0.05) is 24.4 Å². The maximum absolute atomic E-state index is 12.3. The zero-order valence-corrected chi connectivity index (χ0v) is 12.8. The maximum atomic E-state index is 12.3. The molecule has 0 saturated heterocycles. The minimum Gasteiger partial charge on any atom is -0.490 e. The van der Waals surface area contributed by atoms with Crippen molar-refractivity contribution in [3.8, 4) is 5.75 Å². The number of nitrogens with zero attached hydrogens (tertiary/aromatic N) is 1. The quantitative estimate of drug-likeness (QED) is 0.841. The van der Waals surface area contributed by atoms with E-state index in [2.05, 4.69) is 5.32 Å². The van der Waals surface area contributed by atoms with E-state index in [1.165, 1.54) is 0 Å². The minimum atomic E-state index is -0.0837. The van der Waals surface area contributed by atoms with Crippen molar-refractivity contribution in [2.75, 3.05) is 31.6 Å². The molecule has 1 aliphatic heterocycles. The van der Waals surface area contributed by atoms with Gasteiger partial charge in [-0.25, -0.2) is 0 Å². The van der Waals surface area contributed by atoms with Crippen LogP contribution >= 0.6 is 0 Å². The van der Waals surface area contributed by atoms with Gasteiger partial charge in [0.15, 0.2) is 5.78 Å². The van der Waals surface area contributed by atoms with Crippen molar-refractivity contribution < 1.29 is 14.3 Å². The van der Waals surface area contributed by atoms with Crippen LogP contribution in [0.5, 0.6) is 5.75 Å². The van der Waals surface area contributed by atoms with Crippen LogP contribution in [-0.2, 0) is 4.79 Å². The Hall–Kier alpha value is -1.88. The number of hydrogen-bond acceptors (Lipinski definition) is 4. The fourth-order valence-electron chi connectivity index (χ4n) is 2.31. The van der Waals surface area contributed by atoms with E-state index in [1.807, 2.05) is 20.9 Å². The second-order valence-electron chi connectivity index (χ2n) is 5.45. The first-order valence-corrected chi connectivity index (χ1v) is 7.30. The van der Waals surface area contributed by atoms with Crippen LogP contribution in [0.1, 0.15) is 30.6 Å². The summed E-state index contributed by atoms with van der Waals surface area (Å²) in [5.74, 6) is 0.703. The van der Waals surface area contributed by atoms with Gasteiger partial charge in [-0.05, 0) is 25.2 Å². The molecular formula is C16H22N2O3. The van der Waals surface area contributed by atoms with Crippen LogP contribution in [0.4, 0.5) is 5.69 Å². The van der Waals surface area contributed by atoms with Gasteiger partial charge in [-0.1, -0.05) is 13.8 Å². The zero-order valence-electron chi connectivity index (χ0n) is 12.8. The van der Waals surface area contributed by atoms with Gasteiger partial charge in [-0.15, -0.1) is 0 Å². The van der Waals surface area contributed by atoms with E-state index in [-0.39, 0.29) is 17.6 Å². The first-order valence-electron chi connectivity index (χ1n) is 7.30. The van der Waals surface area contributed by atoms with Gasteiger partial charge >= 0.3 is 0 Å². The number of fused-ring (bicyclic) bond motifs is 1. The molecule has 0 bridgehead atoms. The normalized spacial score (nSPS) is 13.8. The molecule has 1 aromatic carbocycles. The number of anilines is 1. The zero-order chi connectivity index (χ0) is 15.4. The molecule has 1 aromatic rings. The highest BCUT2D eigenvalue weighted by Crippen LogP contribution is 2.33. The van der Waals surface area contributed by atoms with E-state index in [4.69, 9.17) is 4.74 Å². The fourth-order valence-corrected chi connectivity index (χ4v) is 2.31. The summed E-state index contributed by atoms with van der Waals surface area (Å²) < 4.78 is 5.58. The number of ether oxygens (including phenoxy) is 1. The third-order valence-corrected chi connectivity index (χ3v) is 3.51. The molecule has 5 nitrogen and oxygen atoms in total. The van der Waals surface area contributed by atoms with Crippen molar-refractivity contribution in [1.29, 1.82) is 0 Å². The Morgan fingerprint density at radius 1 is 1.38 bits per heavy atom. The minimum absolute atomic E-state index is 0.0550. The standard InChI is InChI=1S/C16H22N2O3/c1-11(2)16(20)18-8-9-21-15-5-4-12(10-13(15)18)14(19)6-7-17-3/h4-5,10-11,17H,6-9H2,1-3H3. The molecule has 0 atom stereocenters. The molecule has 0 spiro atoms. The van der Waals surface area contributed by atoms with Gasteiger partial charge in [0.2, 0.25) is 5.91 Å². The van der Waals surface area contributed by atoms with Crippen LogP contribution in [0.15, 0.2) is 18.2 Å². The van der Waals surface area contributed by atoms with E-state index in [1.54, 1.807) is 23.1 Å². The highest BCUT2D eigenvalue weighted by molar-refractivity contribution is 6.01. The van der Waals surface area contributed by atoms with Crippen LogP contribution in [0.2, 0.25) is 0 Å². The number of rotatable bonds is 5. The molecule has 5 heteroatoms. The Morgan fingerprint density at radius 3 is 2.81 bits per heavy atom. The third-order valence-electron chi connectivity index (χ3n) is 3.51. The summed E-state index contributed by atoms with van der Waals surface area (Å²) in [4.78, 5) is 26.1. The molecule has 0 unspecified atom stereocenters. The van der Waals surface area contributed by atoms with Gasteiger partial charge in [0.25, 0.3) is 0 Å². The Kier molecular flexibility index (Phi) is 4.96. The van der Waals surface area contributed by atoms with Crippen molar-refractivity contribution in [2.45, 2.75) is 20.3 Å². The van der Waals surface area contributed by atoms with Crippen molar-refractivity contribution >= 4 is 17.4 Å². The fraction of sp³-hybridized carbons (Fsp3) is 0.500. The number of nitrogens with one attached hydrogen (secondary N) is 1. The summed E-state index contributed by atoms with van der Waals surface area (Å²) in [6.07, 6.45) is 0.439. The Labute approximate surface area is 125 Å². The van der Waals surface area contributed by atoms with Crippen LogP contribution in [0.25, 0.3) is 0 Å². The van der Waals surface area contributed by atoms with E-state index >= 15 is 0 Å². The molecule has 1 aliphatic rings. The Balaban J connectivity index is 2.29. The highest BCUT2D eigenvalue weighted by atomic mass is 16.5. The first kappa shape index (κ1) is 15.5. The molecule has 2 rings (SSSR count). The molecule has 0 fully saturated rings. The lowest BCUT2D eigenvalue weighted by Gasteiger charge is -2.31. The predicted molar refractivity (Wildman–Crippen MR) is 82.0 cm³/mol. The molecule has 0 aromatic heterocycles. The predicted octanol–water partition coefficient (Wildman–Crippen LogP) is 1.86. The number of carbonyl (C=O) groups excluding carboxylic acids is 2. The number of benzene rings is 1. The lowest BCUT2D eigenvalue weighted by atomic mass is 10.0. The molecule has 0 aliphatic carbocycles. The summed E-state index contributed by atoms with van der Waals surface area (Å²) in [5, 5.41) is 2.96. The second-order valence-corrected chi connectivity index (χ2v) is 5.45. The summed E-state index contributed by atoms with van der Waals surface area (Å²) in [7, 11) is 1.82. The lowest BCUT2D eigenvalue weighted by Crippen LogP contribution is -2.40. The number of hydrogen-bond donors (Lipinski definition) is 1. The van der Waals surface area contributed by atoms with Crippen LogP contribution in [-0.4, -0.2) is 38.4 Å².